The van der Waals surface area contributed by atoms with Crippen LogP contribution in [0.4, 0.5) is 5.82 Å². The molecule has 0 unspecified atom stereocenters. The lowest BCUT2D eigenvalue weighted by Gasteiger charge is -1.99. The number of rotatable bonds is 3. The Kier molecular flexibility index (Phi) is 3.05. The van der Waals surface area contributed by atoms with Gasteiger partial charge < -0.3 is 10.1 Å². The topological polar surface area (TPSA) is 103 Å². The number of nitrogens with two attached hydrogens (primary N) is 1. The monoisotopic (exact) mass is 344 g/mol. The summed E-state index contributed by atoms with van der Waals surface area (Å²) in [7, 11) is 0. The quantitative estimate of drug-likeness (QED) is 0.523. The van der Waals surface area contributed by atoms with Crippen LogP contribution in [0.3, 0.4) is 0 Å². The Balaban J connectivity index is 1.50. The van der Waals surface area contributed by atoms with Gasteiger partial charge in [-0.1, -0.05) is 23.4 Å². The molecule has 4 aromatic heterocycles. The third-order valence-electron chi connectivity index (χ3n) is 4.40. The van der Waals surface area contributed by atoms with Crippen molar-refractivity contribution in [3.63, 3.8) is 0 Å². The van der Waals surface area contributed by atoms with Gasteiger partial charge in [0, 0.05) is 18.0 Å². The van der Waals surface area contributed by atoms with Crippen molar-refractivity contribution in [1.82, 2.24) is 34.6 Å². The largest absolute Gasteiger partial charge is 0.382 e. The molecule has 0 fully saturated rings. The van der Waals surface area contributed by atoms with Gasteiger partial charge in [-0.05, 0) is 24.6 Å². The summed E-state index contributed by atoms with van der Waals surface area (Å²) in [5, 5.41) is 16.4. The van der Waals surface area contributed by atoms with E-state index >= 15 is 0 Å². The summed E-state index contributed by atoms with van der Waals surface area (Å²) < 4.78 is 3.80. The number of aryl methyl sites for hydroxylation is 1. The average molecular weight is 344 g/mol. The molecule has 8 nitrogen and oxygen atoms in total. The predicted molar refractivity (Wildman–Crippen MR) is 98.6 cm³/mol. The van der Waals surface area contributed by atoms with Gasteiger partial charge >= 0.3 is 0 Å². The standard InChI is InChI=1S/C18H16N8/c1-11-5-6-16-20-12(8-25(16)7-11)9-26-10-15(22-24-26)13-3-2-4-14-17(13)18(19)23-21-14/h2-8,10H,9H2,1H3,(H3,19,21,23). The lowest BCUT2D eigenvalue weighted by atomic mass is 10.1. The molecular formula is C18H16N8. The van der Waals surface area contributed by atoms with Gasteiger partial charge in [-0.25, -0.2) is 9.67 Å². The first kappa shape index (κ1) is 14.6. The van der Waals surface area contributed by atoms with Gasteiger partial charge in [0.2, 0.25) is 0 Å². The van der Waals surface area contributed by atoms with Crippen LogP contribution in [0.15, 0.2) is 48.9 Å². The van der Waals surface area contributed by atoms with E-state index in [0.717, 1.165) is 33.5 Å². The van der Waals surface area contributed by atoms with Crippen molar-refractivity contribution >= 4 is 22.4 Å². The fraction of sp³-hybridized carbons (Fsp3) is 0.111. The Morgan fingerprint density at radius 2 is 2.04 bits per heavy atom. The number of nitrogens with zero attached hydrogens (tertiary/aromatic N) is 6. The molecule has 0 radical (unpaired) electrons. The lowest BCUT2D eigenvalue weighted by molar-refractivity contribution is 0.641. The van der Waals surface area contributed by atoms with Gasteiger partial charge in [-0.2, -0.15) is 5.10 Å². The van der Waals surface area contributed by atoms with Crippen molar-refractivity contribution in [3.05, 3.63) is 60.2 Å². The van der Waals surface area contributed by atoms with Gasteiger partial charge in [0.1, 0.15) is 11.3 Å². The molecule has 0 saturated carbocycles. The van der Waals surface area contributed by atoms with Crippen LogP contribution in [0.2, 0.25) is 0 Å². The Morgan fingerprint density at radius 1 is 1.12 bits per heavy atom. The smallest absolute Gasteiger partial charge is 0.153 e. The average Bonchev–Trinajstić information content (AvgIpc) is 3.34. The molecule has 0 aliphatic heterocycles. The first-order valence-electron chi connectivity index (χ1n) is 8.25. The molecule has 3 N–H and O–H groups in total. The molecule has 5 aromatic rings. The molecule has 0 atom stereocenters. The Labute approximate surface area is 148 Å². The van der Waals surface area contributed by atoms with E-state index < -0.39 is 0 Å². The number of H-pyrrole nitrogens is 1. The molecule has 1 aromatic carbocycles. The zero-order valence-corrected chi connectivity index (χ0v) is 14.1. The maximum Gasteiger partial charge on any atom is 0.153 e. The summed E-state index contributed by atoms with van der Waals surface area (Å²) in [6.07, 6.45) is 5.97. The zero-order chi connectivity index (χ0) is 17.7. The molecule has 8 heteroatoms. The van der Waals surface area contributed by atoms with Gasteiger partial charge in [0.15, 0.2) is 5.82 Å². The normalized spacial score (nSPS) is 11.6. The van der Waals surface area contributed by atoms with Crippen LogP contribution in [0.25, 0.3) is 27.8 Å². The van der Waals surface area contributed by atoms with Crippen LogP contribution < -0.4 is 5.73 Å². The van der Waals surface area contributed by atoms with E-state index in [1.807, 2.05) is 41.1 Å². The number of hydrogen-bond acceptors (Lipinski definition) is 5. The van der Waals surface area contributed by atoms with E-state index in [4.69, 9.17) is 5.73 Å². The molecular weight excluding hydrogens is 328 g/mol. The van der Waals surface area contributed by atoms with Crippen molar-refractivity contribution in [1.29, 1.82) is 0 Å². The number of nitrogens with one attached hydrogen (secondary N) is 1. The molecule has 26 heavy (non-hydrogen) atoms. The van der Waals surface area contributed by atoms with Gasteiger partial charge in [0.25, 0.3) is 0 Å². The summed E-state index contributed by atoms with van der Waals surface area (Å²) >= 11 is 0. The maximum absolute atomic E-state index is 5.99. The molecule has 0 amide bonds. The van der Waals surface area contributed by atoms with Crippen molar-refractivity contribution in [3.8, 4) is 11.3 Å². The van der Waals surface area contributed by atoms with Crippen LogP contribution in [-0.4, -0.2) is 34.6 Å². The SMILES string of the molecule is Cc1ccc2nc(Cn3cc(-c4cccc5[nH]nc(N)c45)nn3)cn2c1. The second kappa shape index (κ2) is 5.41. The maximum atomic E-state index is 5.99. The summed E-state index contributed by atoms with van der Waals surface area (Å²) in [5.41, 5.74) is 11.6. The predicted octanol–water partition coefficient (Wildman–Crippen LogP) is 2.41. The van der Waals surface area contributed by atoms with E-state index in [1.54, 1.807) is 4.68 Å². The van der Waals surface area contributed by atoms with Crippen molar-refractivity contribution in [2.24, 2.45) is 0 Å². The van der Waals surface area contributed by atoms with Gasteiger partial charge in [-0.3, -0.25) is 5.10 Å². The second-order valence-electron chi connectivity index (χ2n) is 6.34. The minimum absolute atomic E-state index is 0.459. The van der Waals surface area contributed by atoms with Gasteiger partial charge in [0.05, 0.1) is 29.3 Å². The molecule has 0 saturated heterocycles. The van der Waals surface area contributed by atoms with Crippen LogP contribution in [0.5, 0.6) is 0 Å². The highest BCUT2D eigenvalue weighted by atomic mass is 15.4. The first-order chi connectivity index (χ1) is 12.7. The second-order valence-corrected chi connectivity index (χ2v) is 6.34. The lowest BCUT2D eigenvalue weighted by Crippen LogP contribution is -2.00. The third kappa shape index (κ3) is 2.31. The Bertz CT molecular complexity index is 1240. The zero-order valence-electron chi connectivity index (χ0n) is 14.1. The van der Waals surface area contributed by atoms with E-state index in [2.05, 4.69) is 44.7 Å². The highest BCUT2D eigenvalue weighted by Crippen LogP contribution is 2.29. The number of hydrogen-bond donors (Lipinski definition) is 2. The fourth-order valence-corrected chi connectivity index (χ4v) is 3.21. The number of anilines is 1. The Hall–Kier alpha value is -3.68. The van der Waals surface area contributed by atoms with Crippen LogP contribution in [0, 0.1) is 6.92 Å². The number of imidazole rings is 1. The summed E-state index contributed by atoms with van der Waals surface area (Å²) in [5.74, 6) is 0.459. The van der Waals surface area contributed by atoms with E-state index in [1.165, 1.54) is 5.56 Å². The highest BCUT2D eigenvalue weighted by molar-refractivity contribution is 6.00. The molecule has 0 aliphatic rings. The molecule has 0 aliphatic carbocycles. The molecule has 5 rings (SSSR count). The van der Waals surface area contributed by atoms with E-state index in [0.29, 0.717) is 12.4 Å². The van der Waals surface area contributed by atoms with Crippen LogP contribution in [0.1, 0.15) is 11.3 Å². The fourth-order valence-electron chi connectivity index (χ4n) is 3.21. The van der Waals surface area contributed by atoms with E-state index in [-0.39, 0.29) is 0 Å². The van der Waals surface area contributed by atoms with E-state index in [9.17, 15) is 0 Å². The highest BCUT2D eigenvalue weighted by Gasteiger charge is 2.13. The molecule has 0 bridgehead atoms. The molecule has 4 heterocycles. The summed E-state index contributed by atoms with van der Waals surface area (Å²) in [6.45, 7) is 2.61. The third-order valence-corrected chi connectivity index (χ3v) is 4.40. The number of aromatic nitrogens is 7. The first-order valence-corrected chi connectivity index (χ1v) is 8.25. The van der Waals surface area contributed by atoms with Crippen LogP contribution >= 0.6 is 0 Å². The van der Waals surface area contributed by atoms with Gasteiger partial charge in [-0.15, -0.1) is 5.10 Å². The minimum Gasteiger partial charge on any atom is -0.382 e. The number of pyridine rings is 1. The minimum atomic E-state index is 0.459. The van der Waals surface area contributed by atoms with Crippen molar-refractivity contribution < 1.29 is 0 Å². The number of nitrogen functional groups attached to an aromatic ring is 1. The van der Waals surface area contributed by atoms with Crippen molar-refractivity contribution in [2.45, 2.75) is 13.5 Å². The van der Waals surface area contributed by atoms with Crippen molar-refractivity contribution in [2.75, 3.05) is 5.73 Å². The Morgan fingerprint density at radius 3 is 2.96 bits per heavy atom. The molecule has 128 valence electrons. The number of fused-ring (bicyclic) bond motifs is 2. The summed E-state index contributed by atoms with van der Waals surface area (Å²) in [4.78, 5) is 4.63. The molecule has 0 spiro atoms. The number of benzene rings is 1. The van der Waals surface area contributed by atoms with Crippen LogP contribution in [-0.2, 0) is 6.54 Å². The number of aromatic amines is 1. The summed E-state index contributed by atoms with van der Waals surface area (Å²) in [6, 6.07) is 9.91.